The summed E-state index contributed by atoms with van der Waals surface area (Å²) in [5.74, 6) is 0. The van der Waals surface area contributed by atoms with Crippen molar-refractivity contribution in [3.05, 3.63) is 29.1 Å². The largest absolute Gasteiger partial charge is 0.365 e. The van der Waals surface area contributed by atoms with E-state index in [4.69, 9.17) is 5.21 Å². The zero-order valence-electron chi connectivity index (χ0n) is 10.7. The molecule has 3 heterocycles. The van der Waals surface area contributed by atoms with E-state index in [1.54, 1.807) is 0 Å². The lowest BCUT2D eigenvalue weighted by Gasteiger charge is -2.45. The minimum atomic E-state index is 0.537. The molecule has 4 nitrogen and oxygen atoms in total. The lowest BCUT2D eigenvalue weighted by Crippen LogP contribution is -2.56. The van der Waals surface area contributed by atoms with Gasteiger partial charge < -0.3 is 10.1 Å². The smallest absolute Gasteiger partial charge is 0.0724 e. The zero-order valence-corrected chi connectivity index (χ0v) is 11.5. The van der Waals surface area contributed by atoms with Crippen LogP contribution in [0.5, 0.6) is 0 Å². The van der Waals surface area contributed by atoms with Crippen LogP contribution < -0.4 is 10.4 Å². The monoisotopic (exact) mass is 275 g/mol. The van der Waals surface area contributed by atoms with Crippen LogP contribution >= 0.6 is 11.3 Å². The van der Waals surface area contributed by atoms with Gasteiger partial charge in [0.2, 0.25) is 0 Å². The summed E-state index contributed by atoms with van der Waals surface area (Å²) in [5.41, 5.74) is 5.18. The van der Waals surface area contributed by atoms with Crippen LogP contribution in [0.1, 0.15) is 5.56 Å². The van der Waals surface area contributed by atoms with Crippen molar-refractivity contribution in [3.63, 3.8) is 0 Å². The highest BCUT2D eigenvalue weighted by Crippen LogP contribution is 2.40. The lowest BCUT2D eigenvalue weighted by molar-refractivity contribution is 0.0863. The molecule has 0 bridgehead atoms. The van der Waals surface area contributed by atoms with Gasteiger partial charge in [-0.15, -0.1) is 11.3 Å². The summed E-state index contributed by atoms with van der Waals surface area (Å²) < 4.78 is 1.41. The van der Waals surface area contributed by atoms with Crippen LogP contribution in [0.4, 0.5) is 5.69 Å². The molecule has 2 aromatic rings. The van der Waals surface area contributed by atoms with Crippen molar-refractivity contribution in [1.29, 1.82) is 0 Å². The van der Waals surface area contributed by atoms with Gasteiger partial charge >= 0.3 is 0 Å². The number of thiophene rings is 1. The molecule has 2 aliphatic rings. The van der Waals surface area contributed by atoms with E-state index in [1.165, 1.54) is 21.3 Å². The summed E-state index contributed by atoms with van der Waals surface area (Å²) in [6.45, 7) is 3.62. The molecule has 2 N–H and O–H groups in total. The maximum absolute atomic E-state index is 8.86. The number of rotatable bonds is 2. The van der Waals surface area contributed by atoms with Crippen LogP contribution in [-0.4, -0.2) is 42.5 Å². The topological polar surface area (TPSA) is 38.7 Å². The summed E-state index contributed by atoms with van der Waals surface area (Å²) in [6.07, 6.45) is 1.12. The Hall–Kier alpha value is -1.14. The number of piperazine rings is 1. The van der Waals surface area contributed by atoms with Crippen molar-refractivity contribution >= 4 is 27.1 Å². The van der Waals surface area contributed by atoms with E-state index in [0.717, 1.165) is 26.1 Å². The number of nitrogens with one attached hydrogen (secondary N) is 1. The number of benzene rings is 1. The Morgan fingerprint density at radius 2 is 2.32 bits per heavy atom. The Kier molecular flexibility index (Phi) is 2.73. The van der Waals surface area contributed by atoms with Crippen molar-refractivity contribution < 1.29 is 5.21 Å². The van der Waals surface area contributed by atoms with Crippen LogP contribution in [0, 0.1) is 0 Å². The molecule has 1 aromatic carbocycles. The van der Waals surface area contributed by atoms with E-state index in [2.05, 4.69) is 38.9 Å². The summed E-state index contributed by atoms with van der Waals surface area (Å²) in [7, 11) is 0. The molecule has 4 rings (SSSR count). The number of hydrogen-bond donors (Lipinski definition) is 2. The molecule has 0 radical (unpaired) electrons. The first-order chi connectivity index (χ1) is 9.36. The minimum absolute atomic E-state index is 0.537. The summed E-state index contributed by atoms with van der Waals surface area (Å²) in [4.78, 5) is 4.83. The second kappa shape index (κ2) is 4.45. The fourth-order valence-corrected chi connectivity index (χ4v) is 4.43. The molecule has 0 saturated carbocycles. The van der Waals surface area contributed by atoms with Gasteiger partial charge in [0, 0.05) is 41.4 Å². The molecule has 1 unspecified atom stereocenters. The van der Waals surface area contributed by atoms with Crippen LogP contribution in [-0.2, 0) is 6.42 Å². The Bertz CT molecular complexity index is 612. The Morgan fingerprint density at radius 1 is 1.37 bits per heavy atom. The van der Waals surface area contributed by atoms with Gasteiger partial charge in [0.15, 0.2) is 0 Å². The average Bonchev–Trinajstić information content (AvgIpc) is 2.84. The number of hydrogen-bond acceptors (Lipinski definition) is 5. The van der Waals surface area contributed by atoms with Crippen LogP contribution in [0.3, 0.4) is 0 Å². The molecule has 19 heavy (non-hydrogen) atoms. The SMILES string of the molecule is ONCN1CCN2c3cccc4scc(c34)CC2C1. The predicted octanol–water partition coefficient (Wildman–Crippen LogP) is 1.88. The highest BCUT2D eigenvalue weighted by Gasteiger charge is 2.32. The van der Waals surface area contributed by atoms with Gasteiger partial charge in [-0.05, 0) is 29.5 Å². The maximum Gasteiger partial charge on any atom is 0.0724 e. The van der Waals surface area contributed by atoms with Crippen molar-refractivity contribution in [3.8, 4) is 0 Å². The third-order valence-electron chi connectivity index (χ3n) is 4.28. The molecule has 5 heteroatoms. The van der Waals surface area contributed by atoms with Gasteiger partial charge in [0.1, 0.15) is 0 Å². The predicted molar refractivity (Wildman–Crippen MR) is 78.0 cm³/mol. The van der Waals surface area contributed by atoms with Crippen molar-refractivity contribution in [2.24, 2.45) is 0 Å². The molecule has 1 atom stereocenters. The van der Waals surface area contributed by atoms with E-state index < -0.39 is 0 Å². The van der Waals surface area contributed by atoms with E-state index in [0.29, 0.717) is 12.7 Å². The van der Waals surface area contributed by atoms with Crippen LogP contribution in [0.25, 0.3) is 10.1 Å². The Balaban J connectivity index is 1.72. The maximum atomic E-state index is 8.86. The number of fused-ring (bicyclic) bond motifs is 2. The normalized spacial score (nSPS) is 22.8. The van der Waals surface area contributed by atoms with Gasteiger partial charge in [-0.1, -0.05) is 6.07 Å². The highest BCUT2D eigenvalue weighted by molar-refractivity contribution is 7.17. The summed E-state index contributed by atoms with van der Waals surface area (Å²) >= 11 is 1.86. The molecule has 1 saturated heterocycles. The first-order valence-corrected chi connectivity index (χ1v) is 7.60. The van der Waals surface area contributed by atoms with Gasteiger partial charge in [0.05, 0.1) is 6.67 Å². The van der Waals surface area contributed by atoms with Gasteiger partial charge in [0.25, 0.3) is 0 Å². The molecule has 1 fully saturated rings. The third kappa shape index (κ3) is 1.77. The first kappa shape index (κ1) is 11.7. The van der Waals surface area contributed by atoms with E-state index in [-0.39, 0.29) is 0 Å². The van der Waals surface area contributed by atoms with Gasteiger partial charge in [-0.25, -0.2) is 0 Å². The van der Waals surface area contributed by atoms with Crippen molar-refractivity contribution in [1.82, 2.24) is 10.4 Å². The number of hydroxylamine groups is 1. The Morgan fingerprint density at radius 3 is 3.21 bits per heavy atom. The Labute approximate surface area is 116 Å². The molecule has 0 aliphatic carbocycles. The summed E-state index contributed by atoms with van der Waals surface area (Å²) in [5, 5.41) is 12.6. The lowest BCUT2D eigenvalue weighted by atomic mass is 9.94. The fourth-order valence-electron chi connectivity index (χ4n) is 3.43. The molecule has 100 valence electrons. The summed E-state index contributed by atoms with van der Waals surface area (Å²) in [6, 6.07) is 7.18. The third-order valence-corrected chi connectivity index (χ3v) is 5.28. The molecular weight excluding hydrogens is 258 g/mol. The minimum Gasteiger partial charge on any atom is -0.365 e. The second-order valence-corrected chi connectivity index (χ2v) is 6.27. The number of nitrogens with zero attached hydrogens (tertiary/aromatic N) is 2. The van der Waals surface area contributed by atoms with E-state index in [1.807, 2.05) is 11.3 Å². The van der Waals surface area contributed by atoms with Crippen molar-refractivity contribution in [2.45, 2.75) is 12.5 Å². The average molecular weight is 275 g/mol. The van der Waals surface area contributed by atoms with Crippen molar-refractivity contribution in [2.75, 3.05) is 31.2 Å². The quantitative estimate of drug-likeness (QED) is 0.821. The highest BCUT2D eigenvalue weighted by atomic mass is 32.1. The van der Waals surface area contributed by atoms with E-state index >= 15 is 0 Å². The number of anilines is 1. The van der Waals surface area contributed by atoms with E-state index in [9.17, 15) is 0 Å². The molecule has 2 aliphatic heterocycles. The molecule has 0 amide bonds. The second-order valence-electron chi connectivity index (χ2n) is 5.36. The fraction of sp³-hybridized carbons (Fsp3) is 0.429. The first-order valence-electron chi connectivity index (χ1n) is 6.72. The van der Waals surface area contributed by atoms with Crippen LogP contribution in [0.15, 0.2) is 23.6 Å². The van der Waals surface area contributed by atoms with Gasteiger partial charge in [-0.3, -0.25) is 4.90 Å². The molecule has 1 aromatic heterocycles. The zero-order chi connectivity index (χ0) is 12.8. The standard InChI is InChI=1S/C14H17N3OS/c18-15-9-16-4-5-17-11(7-16)6-10-8-19-13-3-1-2-12(17)14(10)13/h1-3,8,11,15,18H,4-7,9H2. The van der Waals surface area contributed by atoms with Crippen LogP contribution in [0.2, 0.25) is 0 Å². The molecule has 0 spiro atoms. The van der Waals surface area contributed by atoms with Gasteiger partial charge in [-0.2, -0.15) is 5.48 Å². The molecular formula is C14H17N3OS.